The Kier molecular flexibility index (Phi) is 4.68. The summed E-state index contributed by atoms with van der Waals surface area (Å²) in [7, 11) is 0. The predicted octanol–water partition coefficient (Wildman–Crippen LogP) is 2.10. The monoisotopic (exact) mass is 209 g/mol. The molecular formula is C14H11NO. The van der Waals surface area contributed by atoms with Gasteiger partial charge in [0.15, 0.2) is 0 Å². The minimum Gasteiger partial charge on any atom is -0.360 e. The second-order valence-corrected chi connectivity index (χ2v) is 3.14. The molecule has 0 fully saturated rings. The van der Waals surface area contributed by atoms with Crippen molar-refractivity contribution < 1.29 is 4.74 Å². The summed E-state index contributed by atoms with van der Waals surface area (Å²) in [5, 5.41) is 8.87. The topological polar surface area (TPSA) is 33.0 Å². The number of nitriles is 1. The second-order valence-electron chi connectivity index (χ2n) is 3.14. The lowest BCUT2D eigenvalue weighted by molar-refractivity contribution is 0.0814. The number of nitrogens with zero attached hydrogens (tertiary/aromatic N) is 1. The van der Waals surface area contributed by atoms with Crippen LogP contribution >= 0.6 is 0 Å². The Morgan fingerprint density at radius 1 is 1.31 bits per heavy atom. The maximum absolute atomic E-state index is 8.87. The van der Waals surface area contributed by atoms with Crippen molar-refractivity contribution in [2.24, 2.45) is 0 Å². The molecule has 78 valence electrons. The number of benzene rings is 1. The first-order valence-electron chi connectivity index (χ1n) is 4.81. The van der Waals surface area contributed by atoms with Gasteiger partial charge >= 0.3 is 0 Å². The van der Waals surface area contributed by atoms with E-state index in [-0.39, 0.29) is 0 Å². The Hall–Kier alpha value is -2.21. The zero-order chi connectivity index (χ0) is 11.8. The number of hydrogen-bond donors (Lipinski definition) is 0. The third-order valence-electron chi connectivity index (χ3n) is 2.07. The molecule has 0 aliphatic rings. The summed E-state index contributed by atoms with van der Waals surface area (Å²) in [6.07, 6.45) is 10.4. The van der Waals surface area contributed by atoms with Gasteiger partial charge < -0.3 is 4.74 Å². The third-order valence-corrected chi connectivity index (χ3v) is 2.07. The third kappa shape index (κ3) is 3.18. The van der Waals surface area contributed by atoms with E-state index in [1.807, 2.05) is 18.2 Å². The maximum Gasteiger partial charge on any atom is 0.129 e. The molecule has 0 aromatic heterocycles. The molecule has 1 unspecified atom stereocenters. The average molecular weight is 209 g/mol. The average Bonchev–Trinajstić information content (AvgIpc) is 2.34. The van der Waals surface area contributed by atoms with E-state index in [0.29, 0.717) is 18.6 Å². The van der Waals surface area contributed by atoms with Crippen molar-refractivity contribution in [1.82, 2.24) is 0 Å². The van der Waals surface area contributed by atoms with Crippen molar-refractivity contribution in [3.63, 3.8) is 0 Å². The van der Waals surface area contributed by atoms with Crippen LogP contribution in [0.2, 0.25) is 0 Å². The maximum atomic E-state index is 8.87. The Morgan fingerprint density at radius 2 is 2.06 bits per heavy atom. The number of rotatable bonds is 4. The van der Waals surface area contributed by atoms with Crippen LogP contribution in [-0.4, -0.2) is 6.10 Å². The van der Waals surface area contributed by atoms with Gasteiger partial charge in [-0.05, 0) is 11.6 Å². The highest BCUT2D eigenvalue weighted by Gasteiger charge is 2.06. The molecule has 1 atom stereocenters. The molecule has 2 heteroatoms. The van der Waals surface area contributed by atoms with Crippen molar-refractivity contribution in [2.45, 2.75) is 19.1 Å². The summed E-state index contributed by atoms with van der Waals surface area (Å²) in [5.41, 5.74) is 1.42. The molecule has 0 aliphatic carbocycles. The first-order valence-corrected chi connectivity index (χ1v) is 4.81. The van der Waals surface area contributed by atoms with Crippen LogP contribution < -0.4 is 0 Å². The van der Waals surface area contributed by atoms with Crippen LogP contribution in [0.1, 0.15) is 17.5 Å². The van der Waals surface area contributed by atoms with Crippen LogP contribution in [-0.2, 0) is 11.3 Å². The summed E-state index contributed by atoms with van der Waals surface area (Å²) in [6.45, 7) is 0.306. The zero-order valence-electron chi connectivity index (χ0n) is 8.81. The lowest BCUT2D eigenvalue weighted by atomic mass is 10.1. The van der Waals surface area contributed by atoms with Gasteiger partial charge in [-0.3, -0.25) is 0 Å². The highest BCUT2D eigenvalue weighted by Crippen LogP contribution is 2.10. The minimum atomic E-state index is -0.392. The van der Waals surface area contributed by atoms with E-state index in [1.165, 1.54) is 0 Å². The molecule has 1 aromatic rings. The molecule has 0 amide bonds. The van der Waals surface area contributed by atoms with Gasteiger partial charge in [-0.1, -0.05) is 24.1 Å². The standard InChI is InChI=1S/C14H11NO/c1-3-7-14(4-2)16-11-13-9-6-5-8-12(13)10-15/h1-2,5-6,8-9,14H,7,11H2. The first-order chi connectivity index (χ1) is 7.81. The highest BCUT2D eigenvalue weighted by molar-refractivity contribution is 5.36. The van der Waals surface area contributed by atoms with Crippen LogP contribution in [0.3, 0.4) is 0 Å². The van der Waals surface area contributed by atoms with Gasteiger partial charge in [0, 0.05) is 6.42 Å². The summed E-state index contributed by atoms with van der Waals surface area (Å²) >= 11 is 0. The smallest absolute Gasteiger partial charge is 0.129 e. The number of hydrogen-bond acceptors (Lipinski definition) is 2. The van der Waals surface area contributed by atoms with Crippen LogP contribution in [0, 0.1) is 36.0 Å². The predicted molar refractivity (Wildman–Crippen MR) is 62.0 cm³/mol. The molecule has 16 heavy (non-hydrogen) atoms. The lowest BCUT2D eigenvalue weighted by Crippen LogP contribution is -2.09. The molecule has 0 radical (unpaired) electrons. The summed E-state index contributed by atoms with van der Waals surface area (Å²) in [4.78, 5) is 0. The van der Waals surface area contributed by atoms with E-state index >= 15 is 0 Å². The Labute approximate surface area is 95.9 Å². The molecule has 0 bridgehead atoms. The fourth-order valence-electron chi connectivity index (χ4n) is 1.22. The summed E-state index contributed by atoms with van der Waals surface area (Å²) in [5.74, 6) is 4.91. The van der Waals surface area contributed by atoms with E-state index in [1.54, 1.807) is 6.07 Å². The molecule has 1 aromatic carbocycles. The lowest BCUT2D eigenvalue weighted by Gasteiger charge is -2.10. The van der Waals surface area contributed by atoms with Crippen LogP contribution in [0.25, 0.3) is 0 Å². The molecule has 0 saturated carbocycles. The molecule has 0 saturated heterocycles. The molecule has 0 N–H and O–H groups in total. The highest BCUT2D eigenvalue weighted by atomic mass is 16.5. The van der Waals surface area contributed by atoms with E-state index in [9.17, 15) is 0 Å². The van der Waals surface area contributed by atoms with Crippen molar-refractivity contribution >= 4 is 0 Å². The van der Waals surface area contributed by atoms with Crippen LogP contribution in [0.5, 0.6) is 0 Å². The molecular weight excluding hydrogens is 198 g/mol. The Morgan fingerprint density at radius 3 is 2.69 bits per heavy atom. The van der Waals surface area contributed by atoms with Crippen LogP contribution in [0.15, 0.2) is 24.3 Å². The molecule has 0 aliphatic heterocycles. The van der Waals surface area contributed by atoms with Gasteiger partial charge in [-0.25, -0.2) is 0 Å². The van der Waals surface area contributed by atoms with E-state index in [0.717, 1.165) is 5.56 Å². The number of ether oxygens (including phenoxy) is 1. The molecule has 1 rings (SSSR count). The van der Waals surface area contributed by atoms with E-state index in [2.05, 4.69) is 17.9 Å². The van der Waals surface area contributed by atoms with Gasteiger partial charge in [0.25, 0.3) is 0 Å². The summed E-state index contributed by atoms with van der Waals surface area (Å²) in [6, 6.07) is 9.33. The Bertz CT molecular complexity index is 471. The largest absolute Gasteiger partial charge is 0.360 e. The van der Waals surface area contributed by atoms with Gasteiger partial charge in [0.1, 0.15) is 6.10 Å². The molecule has 0 spiro atoms. The number of terminal acetylenes is 2. The molecule has 0 heterocycles. The van der Waals surface area contributed by atoms with Crippen molar-refractivity contribution in [1.29, 1.82) is 5.26 Å². The van der Waals surface area contributed by atoms with E-state index in [4.69, 9.17) is 22.8 Å². The zero-order valence-corrected chi connectivity index (χ0v) is 8.81. The van der Waals surface area contributed by atoms with Crippen LogP contribution in [0.4, 0.5) is 0 Å². The molecule has 2 nitrogen and oxygen atoms in total. The minimum absolute atomic E-state index is 0.306. The second kappa shape index (κ2) is 6.31. The van der Waals surface area contributed by atoms with Gasteiger partial charge in [0.05, 0.1) is 18.2 Å². The van der Waals surface area contributed by atoms with Crippen molar-refractivity contribution in [2.75, 3.05) is 0 Å². The first kappa shape index (κ1) is 11.9. The normalized spacial score (nSPS) is 10.8. The Balaban J connectivity index is 2.65. The van der Waals surface area contributed by atoms with Gasteiger partial charge in [-0.15, -0.1) is 18.8 Å². The fraction of sp³-hybridized carbons (Fsp3) is 0.214. The van der Waals surface area contributed by atoms with Gasteiger partial charge in [0.2, 0.25) is 0 Å². The van der Waals surface area contributed by atoms with Crippen molar-refractivity contribution in [3.05, 3.63) is 35.4 Å². The van der Waals surface area contributed by atoms with E-state index < -0.39 is 6.10 Å². The fourth-order valence-corrected chi connectivity index (χ4v) is 1.22. The summed E-state index contributed by atoms with van der Waals surface area (Å²) < 4.78 is 5.43. The van der Waals surface area contributed by atoms with Crippen molar-refractivity contribution in [3.8, 4) is 30.8 Å². The SMILES string of the molecule is C#CCC(C#C)OCc1ccccc1C#N. The quantitative estimate of drug-likeness (QED) is 0.711. The van der Waals surface area contributed by atoms with Gasteiger partial charge in [-0.2, -0.15) is 5.26 Å².